The molecule has 0 aromatic heterocycles. The Balaban J connectivity index is -0.000000150. The van der Waals surface area contributed by atoms with Crippen LogP contribution in [0, 0.1) is 0 Å². The Hall–Kier alpha value is 0.389. The average molecular weight is 272 g/mol. The third-order valence-corrected chi connectivity index (χ3v) is 0.707. The predicted molar refractivity (Wildman–Crippen MR) is 36.8 cm³/mol. The van der Waals surface area contributed by atoms with Gasteiger partial charge in [-0.2, -0.15) is 16.8 Å². The smallest absolute Gasteiger partial charge is 0.327 e. The fraction of sp³-hybridized carbons (Fsp3) is 0. The molecular weight excluding hydrogens is 270 g/mol. The van der Waals surface area contributed by atoms with Gasteiger partial charge in [-0.3, -0.25) is 9.11 Å². The third-order valence-electron chi connectivity index (χ3n) is 0.236. The zero-order chi connectivity index (χ0) is 10.4. The van der Waals surface area contributed by atoms with Gasteiger partial charge < -0.3 is 8.20 Å². The second kappa shape index (κ2) is 7.76. The Labute approximate surface area is 88.3 Å². The van der Waals surface area contributed by atoms with E-state index >= 15 is 0 Å². The van der Waals surface area contributed by atoms with Gasteiger partial charge >= 0.3 is 36.9 Å². The molecule has 0 saturated carbocycles. The Kier molecular flexibility index (Phi) is 11.4. The van der Waals surface area contributed by atoms with E-state index in [2.05, 4.69) is 24.3 Å². The van der Waals surface area contributed by atoms with E-state index in [1.807, 2.05) is 0 Å². The second-order valence-corrected chi connectivity index (χ2v) is 3.15. The van der Waals surface area contributed by atoms with Crippen LogP contribution in [0.3, 0.4) is 0 Å². The summed E-state index contributed by atoms with van der Waals surface area (Å²) in [6.45, 7) is 0. The van der Waals surface area contributed by atoms with Crippen LogP contribution in [0.4, 0.5) is 0 Å². The van der Waals surface area contributed by atoms with Crippen LogP contribution in [-0.4, -0.2) is 42.0 Å². The summed E-state index contributed by atoms with van der Waals surface area (Å²) in [6, 6.07) is 0. The molecule has 0 aliphatic carbocycles. The van der Waals surface area contributed by atoms with Crippen molar-refractivity contribution in [2.45, 2.75) is 0 Å². The van der Waals surface area contributed by atoms with E-state index in [0.29, 0.717) is 0 Å². The van der Waals surface area contributed by atoms with E-state index in [-0.39, 0.29) is 17.1 Å². The van der Waals surface area contributed by atoms with E-state index in [0.717, 1.165) is 0 Å². The first-order chi connectivity index (χ1) is 5.12. The number of hydrogen-bond donors (Lipinski definition) is 2. The van der Waals surface area contributed by atoms with Crippen LogP contribution in [0.15, 0.2) is 0 Å². The maximum absolute atomic E-state index is 9.67. The van der Waals surface area contributed by atoms with Gasteiger partial charge in [0.15, 0.2) is 0 Å². The molecule has 0 rings (SSSR count). The van der Waals surface area contributed by atoms with Crippen molar-refractivity contribution in [2.24, 2.45) is 0 Å². The first-order valence-electron chi connectivity index (χ1n) is 1.84. The van der Waals surface area contributed by atoms with Gasteiger partial charge in [0.1, 0.15) is 0 Å². The molecule has 0 aliphatic heterocycles. The fourth-order valence-electron chi connectivity index (χ4n) is 0.0227. The largest absolute Gasteiger partial charge is 0.394 e. The van der Waals surface area contributed by atoms with Crippen molar-refractivity contribution in [1.82, 2.24) is 0 Å². The molecule has 0 aliphatic rings. The summed E-state index contributed by atoms with van der Waals surface area (Å²) in [5.41, 5.74) is 0. The van der Waals surface area contributed by atoms with Crippen molar-refractivity contribution in [3.05, 3.63) is 0 Å². The number of rotatable bonds is 2. The SMILES string of the molecule is O=S(=O)(O)O.[B]OS(=O)(=O)O[B].[Fe]. The van der Waals surface area contributed by atoms with Gasteiger partial charge in [-0.1, -0.05) is 0 Å². The third kappa shape index (κ3) is 32.8. The summed E-state index contributed by atoms with van der Waals surface area (Å²) in [5, 5.41) is 0. The van der Waals surface area contributed by atoms with Crippen molar-refractivity contribution >= 4 is 36.9 Å². The molecule has 0 aromatic rings. The van der Waals surface area contributed by atoms with Gasteiger partial charge in [0, 0.05) is 17.1 Å². The van der Waals surface area contributed by atoms with Crippen molar-refractivity contribution in [3.63, 3.8) is 0 Å². The minimum absolute atomic E-state index is 0. The van der Waals surface area contributed by atoms with E-state index in [1.54, 1.807) is 0 Å². The van der Waals surface area contributed by atoms with Crippen molar-refractivity contribution in [1.29, 1.82) is 0 Å². The molecule has 0 atom stereocenters. The molecule has 76 valence electrons. The fourth-order valence-corrected chi connectivity index (χ4v) is 0.0680. The molecule has 0 aromatic carbocycles. The maximum Gasteiger partial charge on any atom is 0.394 e. The van der Waals surface area contributed by atoms with Gasteiger partial charge in [-0.05, 0) is 0 Å². The average Bonchev–Trinajstić information content (AvgIpc) is 1.85. The summed E-state index contributed by atoms with van der Waals surface area (Å²) in [4.78, 5) is 0. The molecule has 8 nitrogen and oxygen atoms in total. The Bertz CT molecular complexity index is 270. The molecule has 0 unspecified atom stereocenters. The summed E-state index contributed by atoms with van der Waals surface area (Å²) in [5.74, 6) is 0. The van der Waals surface area contributed by atoms with Crippen LogP contribution in [0.2, 0.25) is 0 Å². The Morgan fingerprint density at radius 2 is 1.08 bits per heavy atom. The minimum atomic E-state index is -4.67. The summed E-state index contributed by atoms with van der Waals surface area (Å²) < 4.78 is 57.4. The topological polar surface area (TPSA) is 127 Å². The zero-order valence-corrected chi connectivity index (χ0v) is 8.41. The zero-order valence-electron chi connectivity index (χ0n) is 5.67. The molecule has 0 fully saturated rings. The van der Waals surface area contributed by atoms with Crippen molar-refractivity contribution < 1.29 is 51.2 Å². The molecule has 2 N–H and O–H groups in total. The first kappa shape index (κ1) is 19.0. The van der Waals surface area contributed by atoms with Gasteiger partial charge in [0.25, 0.3) is 0 Å². The van der Waals surface area contributed by atoms with Gasteiger partial charge in [-0.15, -0.1) is 0 Å². The predicted octanol–water partition coefficient (Wildman–Crippen LogP) is -2.22. The van der Waals surface area contributed by atoms with Gasteiger partial charge in [0.2, 0.25) is 0 Å². The molecule has 0 amide bonds. The minimum Gasteiger partial charge on any atom is -0.327 e. The Morgan fingerprint density at radius 1 is 0.923 bits per heavy atom. The standard InChI is InChI=1S/B2O4S.Fe.H2O4S/c1-5-7(3,4)6-2;;1-5(2,3)4/h;;(H2,1,2,3,4). The van der Waals surface area contributed by atoms with E-state index < -0.39 is 20.8 Å². The summed E-state index contributed by atoms with van der Waals surface area (Å²) >= 11 is 0. The summed E-state index contributed by atoms with van der Waals surface area (Å²) in [6.07, 6.45) is 0. The van der Waals surface area contributed by atoms with Crippen LogP contribution < -0.4 is 0 Å². The van der Waals surface area contributed by atoms with E-state index in [4.69, 9.17) is 17.5 Å². The molecule has 0 heterocycles. The number of hydrogen-bond acceptors (Lipinski definition) is 6. The van der Waals surface area contributed by atoms with Crippen molar-refractivity contribution in [3.8, 4) is 0 Å². The molecule has 0 saturated heterocycles. The van der Waals surface area contributed by atoms with Crippen LogP contribution in [-0.2, 0) is 46.1 Å². The monoisotopic (exact) mass is 272 g/mol. The van der Waals surface area contributed by atoms with E-state index in [1.165, 1.54) is 0 Å². The van der Waals surface area contributed by atoms with Crippen LogP contribution in [0.5, 0.6) is 0 Å². The maximum atomic E-state index is 9.67. The molecule has 4 radical (unpaired) electrons. The molecule has 13 heavy (non-hydrogen) atoms. The summed E-state index contributed by atoms with van der Waals surface area (Å²) in [7, 11) is -0.521. The van der Waals surface area contributed by atoms with Crippen LogP contribution >= 0.6 is 0 Å². The second-order valence-electron chi connectivity index (χ2n) is 1.05. The van der Waals surface area contributed by atoms with Crippen molar-refractivity contribution in [2.75, 3.05) is 0 Å². The molecule has 13 heteroatoms. The van der Waals surface area contributed by atoms with Gasteiger partial charge in [-0.25, -0.2) is 0 Å². The molecule has 0 bridgehead atoms. The molecule has 0 spiro atoms. The first-order valence-corrected chi connectivity index (χ1v) is 4.57. The Morgan fingerprint density at radius 3 is 1.08 bits per heavy atom. The van der Waals surface area contributed by atoms with Gasteiger partial charge in [0.05, 0.1) is 0 Å². The molecular formula is H2B2FeO8S2. The van der Waals surface area contributed by atoms with E-state index in [9.17, 15) is 8.42 Å². The normalized spacial score (nSPS) is 10.6. The quantitative estimate of drug-likeness (QED) is 0.427. The van der Waals surface area contributed by atoms with Crippen LogP contribution in [0.1, 0.15) is 0 Å². The van der Waals surface area contributed by atoms with Crippen LogP contribution in [0.25, 0.3) is 0 Å².